The second-order valence-corrected chi connectivity index (χ2v) is 21.3. The Morgan fingerprint density at radius 2 is 1.16 bits per heavy atom. The standard InChI is InChI=1S/C58H60N4O/c1-55(2,3)39-20-17-19-38(31-39)47-32-41(57(7,8)9)33-48(58(10,11)12)54(47)61-37-60(50-25-15-16-26-51(50)61)42-21-18-22-43(35-42)63-44-27-28-46-45-23-13-14-24-49(45)62(52(46)36-44)53-34-40(29-30-59-53)56(4,5)6/h13-36H,1-12H3. The van der Waals surface area contributed by atoms with E-state index in [-0.39, 0.29) is 21.7 Å². The molecule has 9 aromatic rings. The molecule has 0 saturated carbocycles. The number of rotatable bonds is 6. The summed E-state index contributed by atoms with van der Waals surface area (Å²) in [6.07, 6.45) is 5.81. The lowest BCUT2D eigenvalue weighted by Gasteiger charge is -2.30. The van der Waals surface area contributed by atoms with Gasteiger partial charge >= 0.3 is 0 Å². The first kappa shape index (κ1) is 41.9. The van der Waals surface area contributed by atoms with Crippen LogP contribution in [0.5, 0.6) is 11.5 Å². The van der Waals surface area contributed by atoms with Crippen molar-refractivity contribution in [1.29, 1.82) is 0 Å². The third-order valence-electron chi connectivity index (χ3n) is 12.4. The summed E-state index contributed by atoms with van der Waals surface area (Å²) in [6, 6.07) is 50.2. The lowest BCUT2D eigenvalue weighted by Crippen LogP contribution is -2.35. The molecule has 0 aliphatic heterocycles. The van der Waals surface area contributed by atoms with Gasteiger partial charge < -0.3 is 4.74 Å². The van der Waals surface area contributed by atoms with E-state index in [0.717, 1.165) is 56.1 Å². The fourth-order valence-electron chi connectivity index (χ4n) is 8.76. The molecule has 0 unspecified atom stereocenters. The van der Waals surface area contributed by atoms with Gasteiger partial charge in [-0.15, -0.1) is 0 Å². The summed E-state index contributed by atoms with van der Waals surface area (Å²) in [4.78, 5) is 4.89. The number of hydrogen-bond donors (Lipinski definition) is 0. The Hall–Kier alpha value is -6.46. The van der Waals surface area contributed by atoms with Crippen LogP contribution in [-0.2, 0) is 21.7 Å². The van der Waals surface area contributed by atoms with Crippen LogP contribution in [0.4, 0.5) is 0 Å². The van der Waals surface area contributed by atoms with Gasteiger partial charge in [0.05, 0.1) is 33.4 Å². The van der Waals surface area contributed by atoms with Gasteiger partial charge in [0.2, 0.25) is 0 Å². The summed E-state index contributed by atoms with van der Waals surface area (Å²) in [6.45, 7) is 27.5. The summed E-state index contributed by atoms with van der Waals surface area (Å²) in [5.41, 5.74) is 13.7. The molecule has 63 heavy (non-hydrogen) atoms. The number of para-hydroxylation sites is 3. The second kappa shape index (κ2) is 15.1. The average Bonchev–Trinajstić information content (AvgIpc) is 3.78. The van der Waals surface area contributed by atoms with E-state index in [9.17, 15) is 0 Å². The maximum atomic E-state index is 6.77. The predicted octanol–water partition coefficient (Wildman–Crippen LogP) is 14.8. The molecule has 0 saturated heterocycles. The highest BCUT2D eigenvalue weighted by Crippen LogP contribution is 2.41. The van der Waals surface area contributed by atoms with E-state index in [1.54, 1.807) is 0 Å². The van der Waals surface area contributed by atoms with Crippen molar-refractivity contribution in [3.63, 3.8) is 0 Å². The highest BCUT2D eigenvalue weighted by Gasteiger charge is 2.29. The highest BCUT2D eigenvalue weighted by molar-refractivity contribution is 6.09. The number of fused-ring (bicyclic) bond motifs is 4. The highest BCUT2D eigenvalue weighted by atomic mass is 16.5. The average molecular weight is 829 g/mol. The van der Waals surface area contributed by atoms with Gasteiger partial charge in [0.15, 0.2) is 0 Å². The first-order valence-corrected chi connectivity index (χ1v) is 22.3. The molecular formula is C58H60N4O. The van der Waals surface area contributed by atoms with Gasteiger partial charge in [0.25, 0.3) is 6.33 Å². The van der Waals surface area contributed by atoms with E-state index >= 15 is 0 Å². The Kier molecular flexibility index (Phi) is 10.0. The molecule has 0 aliphatic rings. The van der Waals surface area contributed by atoms with Crippen molar-refractivity contribution in [2.45, 2.75) is 105 Å². The lowest BCUT2D eigenvalue weighted by molar-refractivity contribution is -0.572. The summed E-state index contributed by atoms with van der Waals surface area (Å²) in [7, 11) is 0. The number of imidazole rings is 1. The van der Waals surface area contributed by atoms with Crippen molar-refractivity contribution < 1.29 is 9.30 Å². The van der Waals surface area contributed by atoms with Crippen molar-refractivity contribution >= 4 is 32.8 Å². The number of aromatic nitrogens is 4. The van der Waals surface area contributed by atoms with Crippen LogP contribution in [0.1, 0.15) is 105 Å². The zero-order valence-electron chi connectivity index (χ0n) is 39.1. The van der Waals surface area contributed by atoms with Crippen LogP contribution in [0.15, 0.2) is 146 Å². The molecule has 0 N–H and O–H groups in total. The second-order valence-electron chi connectivity index (χ2n) is 21.3. The minimum Gasteiger partial charge on any atom is -0.458 e. The summed E-state index contributed by atoms with van der Waals surface area (Å²) >= 11 is 0. The number of benzene rings is 6. The zero-order valence-corrected chi connectivity index (χ0v) is 39.1. The monoisotopic (exact) mass is 828 g/mol. The fraction of sp³-hybridized carbons (Fsp3) is 0.276. The molecule has 318 valence electrons. The molecule has 0 radical (unpaired) electrons. The Morgan fingerprint density at radius 1 is 0.508 bits per heavy atom. The van der Waals surface area contributed by atoms with Gasteiger partial charge in [-0.2, -0.15) is 0 Å². The zero-order chi connectivity index (χ0) is 44.6. The molecule has 0 spiro atoms. The molecule has 5 heteroatoms. The van der Waals surface area contributed by atoms with Crippen LogP contribution in [0.3, 0.4) is 0 Å². The van der Waals surface area contributed by atoms with Crippen molar-refractivity contribution in [1.82, 2.24) is 14.1 Å². The summed E-state index contributed by atoms with van der Waals surface area (Å²) in [5, 5.41) is 2.34. The molecule has 0 aliphatic carbocycles. The number of nitrogens with zero attached hydrogens (tertiary/aromatic N) is 4. The topological polar surface area (TPSA) is 35.9 Å². The third-order valence-corrected chi connectivity index (χ3v) is 12.4. The Bertz CT molecular complexity index is 3190. The van der Waals surface area contributed by atoms with Gasteiger partial charge in [0, 0.05) is 23.0 Å². The smallest absolute Gasteiger partial charge is 0.269 e. The fourth-order valence-corrected chi connectivity index (χ4v) is 8.76. The van der Waals surface area contributed by atoms with Crippen molar-refractivity contribution in [2.24, 2.45) is 0 Å². The van der Waals surface area contributed by atoms with Gasteiger partial charge in [-0.1, -0.05) is 168 Å². The molecule has 0 atom stereocenters. The van der Waals surface area contributed by atoms with Crippen molar-refractivity contribution in [3.8, 4) is 39.8 Å². The number of pyridine rings is 1. The molecule has 5 nitrogen and oxygen atoms in total. The van der Waals surface area contributed by atoms with Crippen LogP contribution in [0, 0.1) is 6.33 Å². The van der Waals surface area contributed by atoms with E-state index in [0.29, 0.717) is 0 Å². The minimum absolute atomic E-state index is 0.00643. The van der Waals surface area contributed by atoms with Crippen molar-refractivity contribution in [2.75, 3.05) is 0 Å². The van der Waals surface area contributed by atoms with Crippen molar-refractivity contribution in [3.05, 3.63) is 174 Å². The molecule has 0 fully saturated rings. The Labute approximate surface area is 373 Å². The quantitative estimate of drug-likeness (QED) is 0.124. The van der Waals surface area contributed by atoms with Crippen LogP contribution < -0.4 is 9.30 Å². The maximum Gasteiger partial charge on any atom is 0.269 e. The molecule has 6 aromatic carbocycles. The molecule has 0 bridgehead atoms. The first-order chi connectivity index (χ1) is 29.8. The van der Waals surface area contributed by atoms with Gasteiger partial charge in [-0.25, -0.2) is 4.98 Å². The van der Waals surface area contributed by atoms with E-state index in [2.05, 4.69) is 237 Å². The normalized spacial score (nSPS) is 12.8. The largest absolute Gasteiger partial charge is 0.458 e. The molecular weight excluding hydrogens is 769 g/mol. The Morgan fingerprint density at radius 3 is 1.89 bits per heavy atom. The summed E-state index contributed by atoms with van der Waals surface area (Å²) in [5.74, 6) is 2.39. The summed E-state index contributed by atoms with van der Waals surface area (Å²) < 4.78 is 13.5. The van der Waals surface area contributed by atoms with E-state index in [1.165, 1.54) is 38.8 Å². The first-order valence-electron chi connectivity index (χ1n) is 22.3. The number of ether oxygens (including phenoxy) is 1. The van der Waals surface area contributed by atoms with E-state index < -0.39 is 0 Å². The maximum absolute atomic E-state index is 6.77. The molecule has 0 amide bonds. The lowest BCUT2D eigenvalue weighted by atomic mass is 9.77. The van der Waals surface area contributed by atoms with Crippen LogP contribution in [-0.4, -0.2) is 14.1 Å². The predicted molar refractivity (Wildman–Crippen MR) is 263 cm³/mol. The Balaban J connectivity index is 1.18. The number of hydrogen-bond acceptors (Lipinski definition) is 2. The molecule has 3 heterocycles. The minimum atomic E-state index is -0.164. The van der Waals surface area contributed by atoms with Crippen LogP contribution in [0.2, 0.25) is 0 Å². The molecule has 3 aromatic heterocycles. The SMILES string of the molecule is CC(C)(C)c1cccc(-c2cc(C(C)(C)C)cc(C(C)(C)C)c2-[n+]2[c-]n(-c3cccc(Oc4ccc5c6ccccc6n(-c6cc(C(C)(C)C)ccn6)c5c4)c3)c3ccccc32)c1. The van der Waals surface area contributed by atoms with Gasteiger partial charge in [-0.05, 0) is 104 Å². The molecule has 9 rings (SSSR count). The third kappa shape index (κ3) is 7.84. The van der Waals surface area contributed by atoms with Crippen LogP contribution >= 0.6 is 0 Å². The van der Waals surface area contributed by atoms with Gasteiger partial charge in [0.1, 0.15) is 17.3 Å². The van der Waals surface area contributed by atoms with E-state index in [1.807, 2.05) is 12.3 Å². The van der Waals surface area contributed by atoms with Crippen LogP contribution in [0.25, 0.3) is 61.2 Å². The van der Waals surface area contributed by atoms with Gasteiger partial charge in [-0.3, -0.25) is 13.7 Å². The van der Waals surface area contributed by atoms with E-state index in [4.69, 9.17) is 9.72 Å².